The van der Waals surface area contributed by atoms with Crippen LogP contribution in [0, 0.1) is 5.92 Å². The van der Waals surface area contributed by atoms with E-state index in [9.17, 15) is 4.79 Å². The fraction of sp³-hybridized carbons (Fsp3) is 0.619. The van der Waals surface area contributed by atoms with Crippen LogP contribution in [-0.4, -0.2) is 82.5 Å². The summed E-state index contributed by atoms with van der Waals surface area (Å²) < 4.78 is 7.47. The first-order valence-electron chi connectivity index (χ1n) is 10.8. The Bertz CT molecular complexity index is 862. The normalized spacial score (nSPS) is 14.6. The van der Waals surface area contributed by atoms with Gasteiger partial charge in [0.2, 0.25) is 0 Å². The van der Waals surface area contributed by atoms with Gasteiger partial charge in [0.15, 0.2) is 16.9 Å². The molecule has 3 heterocycles. The van der Waals surface area contributed by atoms with E-state index in [1.807, 2.05) is 11.2 Å². The Morgan fingerprint density at radius 2 is 1.97 bits per heavy atom. The summed E-state index contributed by atoms with van der Waals surface area (Å²) in [6.45, 7) is 8.95. The molecule has 0 atom stereocenters. The van der Waals surface area contributed by atoms with Crippen LogP contribution < -0.4 is 5.32 Å². The number of amides is 1. The molecule has 1 N–H and O–H groups in total. The van der Waals surface area contributed by atoms with E-state index < -0.39 is 0 Å². The largest absolute Gasteiger partial charge is 0.459 e. The number of guanidine groups is 1. The molecule has 2 aromatic rings. The van der Waals surface area contributed by atoms with Crippen molar-refractivity contribution in [2.75, 3.05) is 46.0 Å². The summed E-state index contributed by atoms with van der Waals surface area (Å²) in [4.78, 5) is 20.9. The highest BCUT2D eigenvalue weighted by Gasteiger charge is 2.25. The maximum atomic E-state index is 12.4. The van der Waals surface area contributed by atoms with Crippen LogP contribution in [0.25, 0.3) is 0 Å². The van der Waals surface area contributed by atoms with Gasteiger partial charge in [-0.25, -0.2) is 0 Å². The first-order chi connectivity index (χ1) is 15.0. The number of piperazine rings is 1. The maximum Gasteiger partial charge on any atom is 0.289 e. The summed E-state index contributed by atoms with van der Waals surface area (Å²) in [5, 5.41) is 13.1. The lowest BCUT2D eigenvalue weighted by Gasteiger charge is -2.36. The zero-order valence-corrected chi connectivity index (χ0v) is 22.4. The van der Waals surface area contributed by atoms with Gasteiger partial charge in [-0.1, -0.05) is 25.6 Å². The van der Waals surface area contributed by atoms with Crippen molar-refractivity contribution >= 4 is 47.6 Å². The van der Waals surface area contributed by atoms with Gasteiger partial charge in [0.25, 0.3) is 5.91 Å². The minimum absolute atomic E-state index is 0. The molecule has 1 saturated heterocycles. The van der Waals surface area contributed by atoms with E-state index in [0.717, 1.165) is 56.0 Å². The van der Waals surface area contributed by atoms with Crippen LogP contribution in [0.15, 0.2) is 33.0 Å². The predicted octanol–water partition coefficient (Wildman–Crippen LogP) is 2.83. The van der Waals surface area contributed by atoms with Crippen molar-refractivity contribution in [3.63, 3.8) is 0 Å². The molecule has 1 fully saturated rings. The van der Waals surface area contributed by atoms with Gasteiger partial charge in [-0.2, -0.15) is 0 Å². The lowest BCUT2D eigenvalue weighted by molar-refractivity contribution is 0.0657. The van der Waals surface area contributed by atoms with E-state index >= 15 is 0 Å². The number of aryl methyl sites for hydroxylation is 1. The number of aromatic nitrogens is 3. The molecule has 0 aromatic carbocycles. The average molecular weight is 576 g/mol. The summed E-state index contributed by atoms with van der Waals surface area (Å²) >= 11 is 1.64. The van der Waals surface area contributed by atoms with E-state index in [1.54, 1.807) is 30.9 Å². The Kier molecular flexibility index (Phi) is 10.8. The smallest absolute Gasteiger partial charge is 0.289 e. The van der Waals surface area contributed by atoms with Gasteiger partial charge in [0.1, 0.15) is 5.82 Å². The number of nitrogens with zero attached hydrogens (tertiary/aromatic N) is 6. The zero-order chi connectivity index (χ0) is 22.2. The standard InChI is InChI=1S/C21H33N7O2S.HI/c1-16(2)15-28-18(24-25-21(28)31-4)8-5-9-23-20(22-3)27-12-10-26(11-13-27)19(29)17-7-6-14-30-17;/h6-7,14,16H,5,8-13,15H2,1-4H3,(H,22,23);1H. The number of thioether (sulfide) groups is 1. The molecule has 178 valence electrons. The molecule has 3 rings (SSSR count). The summed E-state index contributed by atoms with van der Waals surface area (Å²) in [5.74, 6) is 2.81. The van der Waals surface area contributed by atoms with E-state index in [-0.39, 0.29) is 29.9 Å². The van der Waals surface area contributed by atoms with Crippen LogP contribution in [0.1, 0.15) is 36.6 Å². The van der Waals surface area contributed by atoms with Crippen molar-refractivity contribution in [1.29, 1.82) is 0 Å². The topological polar surface area (TPSA) is 91.8 Å². The van der Waals surface area contributed by atoms with Crippen molar-refractivity contribution in [3.05, 3.63) is 30.0 Å². The highest BCUT2D eigenvalue weighted by atomic mass is 127. The van der Waals surface area contributed by atoms with Gasteiger partial charge in [-0.3, -0.25) is 9.79 Å². The monoisotopic (exact) mass is 575 g/mol. The molecule has 0 spiro atoms. The molecule has 32 heavy (non-hydrogen) atoms. The molecule has 2 aromatic heterocycles. The lowest BCUT2D eigenvalue weighted by atomic mass is 10.2. The third-order valence-corrected chi connectivity index (χ3v) is 5.86. The van der Waals surface area contributed by atoms with Crippen molar-refractivity contribution in [3.8, 4) is 0 Å². The first kappa shape index (κ1) is 26.5. The van der Waals surface area contributed by atoms with E-state index in [1.165, 1.54) is 6.26 Å². The predicted molar refractivity (Wildman–Crippen MR) is 138 cm³/mol. The second-order valence-electron chi connectivity index (χ2n) is 7.94. The third-order valence-electron chi connectivity index (χ3n) is 5.19. The summed E-state index contributed by atoms with van der Waals surface area (Å²) in [5.41, 5.74) is 0. The Morgan fingerprint density at radius 1 is 1.25 bits per heavy atom. The Balaban J connectivity index is 0.00000363. The lowest BCUT2D eigenvalue weighted by Crippen LogP contribution is -2.53. The summed E-state index contributed by atoms with van der Waals surface area (Å²) in [6.07, 6.45) is 5.39. The van der Waals surface area contributed by atoms with Gasteiger partial charge >= 0.3 is 0 Å². The van der Waals surface area contributed by atoms with Crippen LogP contribution in [0.3, 0.4) is 0 Å². The maximum absolute atomic E-state index is 12.4. The molecule has 1 amide bonds. The molecule has 1 aliphatic heterocycles. The number of rotatable bonds is 8. The molecular formula is C21H34IN7O2S. The molecule has 9 nitrogen and oxygen atoms in total. The van der Waals surface area contributed by atoms with Gasteiger partial charge in [0, 0.05) is 52.7 Å². The van der Waals surface area contributed by atoms with Gasteiger partial charge in [-0.15, -0.1) is 34.2 Å². The summed E-state index contributed by atoms with van der Waals surface area (Å²) in [7, 11) is 1.80. The Morgan fingerprint density at radius 3 is 2.56 bits per heavy atom. The van der Waals surface area contributed by atoms with Gasteiger partial charge < -0.3 is 24.1 Å². The molecule has 11 heteroatoms. The molecule has 0 aliphatic carbocycles. The van der Waals surface area contributed by atoms with Crippen molar-refractivity contribution in [2.24, 2.45) is 10.9 Å². The molecule has 0 radical (unpaired) electrons. The number of nitrogens with one attached hydrogen (secondary N) is 1. The second kappa shape index (κ2) is 13.1. The van der Waals surface area contributed by atoms with E-state index in [4.69, 9.17) is 4.42 Å². The molecule has 0 saturated carbocycles. The number of aliphatic imine (C=N–C) groups is 1. The van der Waals surface area contributed by atoms with Crippen molar-refractivity contribution < 1.29 is 9.21 Å². The Hall–Kier alpha value is -1.76. The average Bonchev–Trinajstić information content (AvgIpc) is 3.44. The van der Waals surface area contributed by atoms with Crippen LogP contribution in [0.5, 0.6) is 0 Å². The minimum atomic E-state index is -0.0530. The fourth-order valence-electron chi connectivity index (χ4n) is 3.66. The highest BCUT2D eigenvalue weighted by Crippen LogP contribution is 2.16. The second-order valence-corrected chi connectivity index (χ2v) is 8.71. The Labute approximate surface area is 211 Å². The molecule has 0 unspecified atom stereocenters. The number of carbonyl (C=O) groups excluding carboxylic acids is 1. The van der Waals surface area contributed by atoms with Crippen LogP contribution in [0.2, 0.25) is 0 Å². The fourth-order valence-corrected chi connectivity index (χ4v) is 4.18. The first-order valence-corrected chi connectivity index (χ1v) is 12.0. The van der Waals surface area contributed by atoms with Crippen LogP contribution >= 0.6 is 35.7 Å². The zero-order valence-electron chi connectivity index (χ0n) is 19.3. The van der Waals surface area contributed by atoms with Crippen LogP contribution in [0.4, 0.5) is 0 Å². The van der Waals surface area contributed by atoms with Gasteiger partial charge in [-0.05, 0) is 30.7 Å². The number of hydrogen-bond donors (Lipinski definition) is 1. The molecule has 1 aliphatic rings. The van der Waals surface area contributed by atoms with E-state index in [0.29, 0.717) is 24.8 Å². The number of carbonyl (C=O) groups is 1. The minimum Gasteiger partial charge on any atom is -0.459 e. The summed E-state index contributed by atoms with van der Waals surface area (Å²) in [6, 6.07) is 3.45. The van der Waals surface area contributed by atoms with Crippen LogP contribution in [-0.2, 0) is 13.0 Å². The van der Waals surface area contributed by atoms with Crippen molar-refractivity contribution in [2.45, 2.75) is 38.4 Å². The SMILES string of the molecule is CN=C(NCCCc1nnc(SC)n1CC(C)C)N1CCN(C(=O)c2ccco2)CC1.I. The number of furan rings is 1. The molecule has 0 bridgehead atoms. The van der Waals surface area contributed by atoms with Crippen molar-refractivity contribution in [1.82, 2.24) is 29.9 Å². The van der Waals surface area contributed by atoms with E-state index in [2.05, 4.69) is 43.8 Å². The highest BCUT2D eigenvalue weighted by molar-refractivity contribution is 14.0. The third kappa shape index (κ3) is 6.87. The number of halogens is 1. The number of hydrogen-bond acceptors (Lipinski definition) is 6. The van der Waals surface area contributed by atoms with Gasteiger partial charge in [0.05, 0.1) is 6.26 Å². The quantitative estimate of drug-likeness (QED) is 0.170. The molecular weight excluding hydrogens is 541 g/mol.